The Morgan fingerprint density at radius 3 is 2.72 bits per heavy atom. The van der Waals surface area contributed by atoms with Crippen LogP contribution < -0.4 is 5.32 Å². The fourth-order valence-electron chi connectivity index (χ4n) is 4.03. The first-order valence-electron chi connectivity index (χ1n) is 10.9. The average Bonchev–Trinajstić information content (AvgIpc) is 3.21. The number of nitrogens with zero attached hydrogens (tertiary/aromatic N) is 3. The van der Waals surface area contributed by atoms with E-state index < -0.39 is 0 Å². The summed E-state index contributed by atoms with van der Waals surface area (Å²) in [6, 6.07) is 13.7. The molecule has 1 aromatic heterocycles. The molecule has 1 fully saturated rings. The van der Waals surface area contributed by atoms with Crippen LogP contribution in [0.25, 0.3) is 5.69 Å². The number of hydrogen-bond acceptors (Lipinski definition) is 4. The Hall–Kier alpha value is -2.02. The highest BCUT2D eigenvalue weighted by Crippen LogP contribution is 2.31. The van der Waals surface area contributed by atoms with E-state index in [4.69, 9.17) is 23.2 Å². The maximum atomic E-state index is 12.7. The van der Waals surface area contributed by atoms with Crippen LogP contribution in [-0.4, -0.2) is 20.7 Å². The molecule has 168 valence electrons. The lowest BCUT2D eigenvalue weighted by molar-refractivity contribution is -0.126. The lowest BCUT2D eigenvalue weighted by Gasteiger charge is -2.20. The summed E-state index contributed by atoms with van der Waals surface area (Å²) < 4.78 is 1.90. The molecular formula is C24H26Cl2N4OS. The zero-order valence-electron chi connectivity index (χ0n) is 18.0. The van der Waals surface area contributed by atoms with E-state index in [1.54, 1.807) is 30.0 Å². The lowest BCUT2D eigenvalue weighted by Crippen LogP contribution is -2.32. The van der Waals surface area contributed by atoms with Crippen molar-refractivity contribution in [3.63, 3.8) is 0 Å². The van der Waals surface area contributed by atoms with Crippen LogP contribution in [0.4, 0.5) is 0 Å². The second-order valence-corrected chi connectivity index (χ2v) is 9.95. The van der Waals surface area contributed by atoms with Gasteiger partial charge < -0.3 is 5.32 Å². The molecule has 0 unspecified atom stereocenters. The maximum absolute atomic E-state index is 12.7. The molecule has 0 spiro atoms. The van der Waals surface area contributed by atoms with Crippen molar-refractivity contribution in [2.75, 3.05) is 0 Å². The van der Waals surface area contributed by atoms with Gasteiger partial charge in [-0.25, -0.2) is 0 Å². The van der Waals surface area contributed by atoms with Crippen LogP contribution >= 0.6 is 35.0 Å². The van der Waals surface area contributed by atoms with Crippen molar-refractivity contribution in [3.8, 4) is 5.69 Å². The van der Waals surface area contributed by atoms with E-state index in [2.05, 4.69) is 46.7 Å². The van der Waals surface area contributed by atoms with Crippen LogP contribution in [0.3, 0.4) is 0 Å². The van der Waals surface area contributed by atoms with Crippen LogP contribution in [-0.2, 0) is 17.1 Å². The molecular weight excluding hydrogens is 463 g/mol. The largest absolute Gasteiger partial charge is 0.349 e. The Kier molecular flexibility index (Phi) is 7.76. The van der Waals surface area contributed by atoms with E-state index in [1.165, 1.54) is 17.5 Å². The third-order valence-corrected chi connectivity index (χ3v) is 7.25. The SMILES string of the molecule is Cc1cccc(CSc2nnc(CNC(=O)C3CCCCC3)n2-c2cc(Cl)ccc2Cl)c1. The summed E-state index contributed by atoms with van der Waals surface area (Å²) in [6.07, 6.45) is 5.36. The smallest absolute Gasteiger partial charge is 0.223 e. The highest BCUT2D eigenvalue weighted by Gasteiger charge is 2.23. The van der Waals surface area contributed by atoms with Gasteiger partial charge in [0, 0.05) is 16.7 Å². The Bertz CT molecular complexity index is 1100. The predicted molar refractivity (Wildman–Crippen MR) is 131 cm³/mol. The molecule has 3 aromatic rings. The number of thioether (sulfide) groups is 1. The van der Waals surface area contributed by atoms with Gasteiger partial charge in [-0.1, -0.05) is 84.1 Å². The Labute approximate surface area is 202 Å². The van der Waals surface area contributed by atoms with Gasteiger partial charge in [-0.3, -0.25) is 9.36 Å². The summed E-state index contributed by atoms with van der Waals surface area (Å²) in [5.74, 6) is 1.55. The van der Waals surface area contributed by atoms with Gasteiger partial charge in [0.15, 0.2) is 11.0 Å². The molecule has 1 saturated carbocycles. The van der Waals surface area contributed by atoms with E-state index in [9.17, 15) is 4.79 Å². The van der Waals surface area contributed by atoms with Crippen LogP contribution in [0.2, 0.25) is 10.0 Å². The van der Waals surface area contributed by atoms with Crippen molar-refractivity contribution < 1.29 is 4.79 Å². The molecule has 1 amide bonds. The third-order valence-electron chi connectivity index (χ3n) is 5.70. The number of nitrogens with one attached hydrogen (secondary N) is 1. The van der Waals surface area contributed by atoms with Crippen molar-refractivity contribution in [2.45, 2.75) is 56.5 Å². The third kappa shape index (κ3) is 5.66. The summed E-state index contributed by atoms with van der Waals surface area (Å²) in [5, 5.41) is 13.7. The van der Waals surface area contributed by atoms with Crippen LogP contribution in [0.1, 0.15) is 49.1 Å². The minimum Gasteiger partial charge on any atom is -0.349 e. The quantitative estimate of drug-likeness (QED) is 0.392. The first-order chi connectivity index (χ1) is 15.5. The molecule has 4 rings (SSSR count). The molecule has 0 bridgehead atoms. The number of carbonyl (C=O) groups excluding carboxylic acids is 1. The highest BCUT2D eigenvalue weighted by atomic mass is 35.5. The second-order valence-electron chi connectivity index (χ2n) is 8.16. The van der Waals surface area contributed by atoms with E-state index in [-0.39, 0.29) is 18.4 Å². The summed E-state index contributed by atoms with van der Waals surface area (Å²) in [5.41, 5.74) is 3.13. The maximum Gasteiger partial charge on any atom is 0.223 e. The fraction of sp³-hybridized carbons (Fsp3) is 0.375. The van der Waals surface area contributed by atoms with Crippen LogP contribution in [0.15, 0.2) is 47.6 Å². The van der Waals surface area contributed by atoms with E-state index >= 15 is 0 Å². The van der Waals surface area contributed by atoms with Gasteiger partial charge in [-0.2, -0.15) is 0 Å². The summed E-state index contributed by atoms with van der Waals surface area (Å²) in [6.45, 7) is 2.37. The number of hydrogen-bond donors (Lipinski definition) is 1. The van der Waals surface area contributed by atoms with E-state index in [0.717, 1.165) is 31.4 Å². The van der Waals surface area contributed by atoms with Gasteiger partial charge >= 0.3 is 0 Å². The highest BCUT2D eigenvalue weighted by molar-refractivity contribution is 7.98. The molecule has 0 atom stereocenters. The molecule has 1 aliphatic carbocycles. The first kappa shape index (κ1) is 23.1. The zero-order valence-corrected chi connectivity index (χ0v) is 20.3. The number of aromatic nitrogens is 3. The summed E-state index contributed by atoms with van der Waals surface area (Å²) in [7, 11) is 0. The normalized spacial score (nSPS) is 14.5. The molecule has 0 saturated heterocycles. The molecule has 2 aromatic carbocycles. The topological polar surface area (TPSA) is 59.8 Å². The van der Waals surface area contributed by atoms with Crippen molar-refractivity contribution in [3.05, 3.63) is 69.5 Å². The van der Waals surface area contributed by atoms with Gasteiger partial charge in [-0.15, -0.1) is 10.2 Å². The Morgan fingerprint density at radius 1 is 1.12 bits per heavy atom. The Balaban J connectivity index is 1.58. The standard InChI is InChI=1S/C24H26Cl2N4OS/c1-16-6-5-7-17(12-16)15-32-24-29-28-22(14-27-23(31)18-8-3-2-4-9-18)30(24)21-13-19(25)10-11-20(21)26/h5-7,10-13,18H,2-4,8-9,14-15H2,1H3,(H,27,31). The van der Waals surface area contributed by atoms with E-state index in [0.29, 0.717) is 26.7 Å². The number of amides is 1. The number of aryl methyl sites for hydroxylation is 1. The molecule has 1 N–H and O–H groups in total. The monoisotopic (exact) mass is 488 g/mol. The molecule has 1 heterocycles. The minimum absolute atomic E-state index is 0.0880. The second kappa shape index (κ2) is 10.7. The summed E-state index contributed by atoms with van der Waals surface area (Å²) >= 11 is 14.4. The Morgan fingerprint density at radius 2 is 1.94 bits per heavy atom. The molecule has 32 heavy (non-hydrogen) atoms. The fourth-order valence-corrected chi connectivity index (χ4v) is 5.31. The van der Waals surface area contributed by atoms with Gasteiger partial charge in [0.05, 0.1) is 17.3 Å². The van der Waals surface area contributed by atoms with Gasteiger partial charge in [0.1, 0.15) is 0 Å². The van der Waals surface area contributed by atoms with Crippen molar-refractivity contribution in [2.24, 2.45) is 5.92 Å². The molecule has 0 aliphatic heterocycles. The van der Waals surface area contributed by atoms with Gasteiger partial charge in [0.2, 0.25) is 5.91 Å². The molecule has 1 aliphatic rings. The first-order valence-corrected chi connectivity index (χ1v) is 12.6. The minimum atomic E-state index is 0.0880. The van der Waals surface area contributed by atoms with Gasteiger partial charge in [-0.05, 0) is 43.5 Å². The summed E-state index contributed by atoms with van der Waals surface area (Å²) in [4.78, 5) is 12.7. The van der Waals surface area contributed by atoms with Crippen molar-refractivity contribution in [1.29, 1.82) is 0 Å². The van der Waals surface area contributed by atoms with Gasteiger partial charge in [0.25, 0.3) is 0 Å². The van der Waals surface area contributed by atoms with Crippen molar-refractivity contribution in [1.82, 2.24) is 20.1 Å². The van der Waals surface area contributed by atoms with Crippen LogP contribution in [0, 0.1) is 12.8 Å². The number of halogens is 2. The zero-order chi connectivity index (χ0) is 22.5. The molecule has 0 radical (unpaired) electrons. The van der Waals surface area contributed by atoms with E-state index in [1.807, 2.05) is 4.57 Å². The van der Waals surface area contributed by atoms with Crippen LogP contribution in [0.5, 0.6) is 0 Å². The number of rotatable bonds is 7. The molecule has 8 heteroatoms. The van der Waals surface area contributed by atoms with Crippen molar-refractivity contribution >= 4 is 40.9 Å². The molecule has 5 nitrogen and oxygen atoms in total. The number of benzene rings is 2. The average molecular weight is 489 g/mol. The lowest BCUT2D eigenvalue weighted by atomic mass is 9.89. The number of carbonyl (C=O) groups is 1. The predicted octanol–water partition coefficient (Wildman–Crippen LogP) is 6.37.